The van der Waals surface area contributed by atoms with Gasteiger partial charge in [0.25, 0.3) is 6.71 Å². The first-order chi connectivity index (χ1) is 45.7. The molecule has 18 rings (SSSR count). The van der Waals surface area contributed by atoms with E-state index in [1.54, 1.807) is 0 Å². The molecule has 0 saturated carbocycles. The molecule has 14 aromatic rings. The van der Waals surface area contributed by atoms with Crippen molar-refractivity contribution in [3.63, 3.8) is 0 Å². The van der Waals surface area contributed by atoms with E-state index in [0.29, 0.717) is 0 Å². The van der Waals surface area contributed by atoms with Crippen LogP contribution in [0.5, 0.6) is 0 Å². The standard InChI is InChI=1S/C84H56B2N4S2/c1-7-27-57(28-8-1)58-47-49-64(50-48-58)88(73-43-23-19-39-67(73)59-29-9-2-10-30-59)66-53-81-84-82(54-66)92-80-56-76-71(55-72(80)86(84)70-42-22-26-46-79(70)91-81)85-69-41-21-25-45-75(69)89(63-37-17-6-18-38-63)77-51-65(87(61-33-13-4-14-34-61)62-35-15-5-16-36-62)52-78(83(77)85)90(76)74-44-24-20-40-68(74)60-31-11-3-12-32-60/h1-56H. The van der Waals surface area contributed by atoms with Crippen LogP contribution in [0.25, 0.3) is 33.4 Å². The highest BCUT2D eigenvalue weighted by molar-refractivity contribution is 8.01. The fourth-order valence-electron chi connectivity index (χ4n) is 14.8. The number of nitrogens with zero attached hydrogens (tertiary/aromatic N) is 4. The zero-order valence-electron chi connectivity index (χ0n) is 50.1. The Bertz CT molecular complexity index is 5100. The van der Waals surface area contributed by atoms with Gasteiger partial charge in [-0.15, -0.1) is 0 Å². The number of benzene rings is 14. The van der Waals surface area contributed by atoms with Crippen molar-refractivity contribution in [2.45, 2.75) is 19.6 Å². The molecule has 0 spiro atoms. The van der Waals surface area contributed by atoms with Crippen molar-refractivity contribution in [1.29, 1.82) is 0 Å². The monoisotopic (exact) mass is 1210 g/mol. The van der Waals surface area contributed by atoms with Gasteiger partial charge in [0.05, 0.1) is 17.1 Å². The molecule has 0 unspecified atom stereocenters. The van der Waals surface area contributed by atoms with Crippen molar-refractivity contribution in [3.8, 4) is 33.4 Å². The summed E-state index contributed by atoms with van der Waals surface area (Å²) in [4.78, 5) is 15.2. The van der Waals surface area contributed by atoms with Crippen LogP contribution in [0.3, 0.4) is 0 Å². The summed E-state index contributed by atoms with van der Waals surface area (Å²) >= 11 is 3.84. The van der Waals surface area contributed by atoms with Gasteiger partial charge in [0.1, 0.15) is 0 Å². The molecule has 430 valence electrons. The molecule has 0 radical (unpaired) electrons. The summed E-state index contributed by atoms with van der Waals surface area (Å²) in [6.45, 7) is -0.151. The van der Waals surface area contributed by atoms with Crippen LogP contribution in [0.1, 0.15) is 0 Å². The van der Waals surface area contributed by atoms with Gasteiger partial charge in [0.2, 0.25) is 6.71 Å². The van der Waals surface area contributed by atoms with E-state index in [1.165, 1.54) is 86.0 Å². The Morgan fingerprint density at radius 2 is 0.707 bits per heavy atom. The molecule has 4 aliphatic rings. The smallest absolute Gasteiger partial charge is 0.252 e. The molecule has 8 heteroatoms. The van der Waals surface area contributed by atoms with Gasteiger partial charge in [0.15, 0.2) is 0 Å². The van der Waals surface area contributed by atoms with Crippen molar-refractivity contribution >= 4 is 138 Å². The summed E-state index contributed by atoms with van der Waals surface area (Å²) in [5.74, 6) is 0. The Morgan fingerprint density at radius 1 is 0.239 bits per heavy atom. The van der Waals surface area contributed by atoms with E-state index in [4.69, 9.17) is 0 Å². The van der Waals surface area contributed by atoms with Gasteiger partial charge in [-0.1, -0.05) is 271 Å². The highest BCUT2D eigenvalue weighted by Crippen LogP contribution is 2.52. The third kappa shape index (κ3) is 9.04. The fraction of sp³-hybridized carbons (Fsp3) is 0. The van der Waals surface area contributed by atoms with Gasteiger partial charge >= 0.3 is 0 Å². The number of hydrogen-bond acceptors (Lipinski definition) is 6. The summed E-state index contributed by atoms with van der Waals surface area (Å²) in [5.41, 5.74) is 28.3. The molecule has 92 heavy (non-hydrogen) atoms. The Labute approximate surface area is 546 Å². The molecular formula is C84H56B2N4S2. The van der Waals surface area contributed by atoms with Crippen molar-refractivity contribution in [3.05, 3.63) is 340 Å². The first-order valence-electron chi connectivity index (χ1n) is 31.5. The van der Waals surface area contributed by atoms with Crippen LogP contribution >= 0.6 is 23.5 Å². The van der Waals surface area contributed by atoms with Crippen molar-refractivity contribution in [2.24, 2.45) is 0 Å². The third-order valence-corrected chi connectivity index (χ3v) is 21.0. The van der Waals surface area contributed by atoms with Crippen LogP contribution in [0.2, 0.25) is 0 Å². The Kier molecular flexibility index (Phi) is 13.3. The van der Waals surface area contributed by atoms with Gasteiger partial charge in [-0.25, -0.2) is 0 Å². The largest absolute Gasteiger partial charge is 0.311 e. The van der Waals surface area contributed by atoms with Crippen LogP contribution in [0, 0.1) is 0 Å². The molecule has 0 amide bonds. The first-order valence-corrected chi connectivity index (χ1v) is 33.2. The normalized spacial score (nSPS) is 12.8. The van der Waals surface area contributed by atoms with Crippen LogP contribution in [-0.2, 0) is 0 Å². The van der Waals surface area contributed by atoms with Gasteiger partial charge in [0, 0.05) is 81.9 Å². The van der Waals surface area contributed by atoms with Crippen LogP contribution in [0.4, 0.5) is 68.2 Å². The average molecular weight is 1210 g/mol. The van der Waals surface area contributed by atoms with Crippen LogP contribution in [-0.4, -0.2) is 13.4 Å². The maximum Gasteiger partial charge on any atom is 0.252 e. The van der Waals surface area contributed by atoms with Crippen LogP contribution in [0.15, 0.2) is 359 Å². The maximum atomic E-state index is 2.64. The molecule has 0 aliphatic carbocycles. The number of anilines is 12. The zero-order valence-corrected chi connectivity index (χ0v) is 51.7. The zero-order chi connectivity index (χ0) is 60.6. The minimum absolute atomic E-state index is 0.0264. The van der Waals surface area contributed by atoms with E-state index in [0.717, 1.165) is 68.0 Å². The second kappa shape index (κ2) is 22.5. The molecular weight excluding hydrogens is 1150 g/mol. The molecule has 0 fully saturated rings. The van der Waals surface area contributed by atoms with Crippen molar-refractivity contribution in [2.75, 3.05) is 19.6 Å². The predicted octanol–water partition coefficient (Wildman–Crippen LogP) is 19.2. The predicted molar refractivity (Wildman–Crippen MR) is 392 cm³/mol. The summed E-state index contributed by atoms with van der Waals surface area (Å²) < 4.78 is 0. The molecule has 0 saturated heterocycles. The Morgan fingerprint density at radius 3 is 1.37 bits per heavy atom. The lowest BCUT2D eigenvalue weighted by molar-refractivity contribution is 1.22. The molecule has 4 nitrogen and oxygen atoms in total. The molecule has 0 N–H and O–H groups in total. The van der Waals surface area contributed by atoms with Gasteiger partial charge in [-0.3, -0.25) is 0 Å². The molecule has 0 atom stereocenters. The van der Waals surface area contributed by atoms with Gasteiger partial charge in [-0.05, 0) is 147 Å². The second-order valence-electron chi connectivity index (χ2n) is 23.9. The molecule has 0 aromatic heterocycles. The van der Waals surface area contributed by atoms with E-state index in [9.17, 15) is 0 Å². The number of rotatable bonds is 11. The highest BCUT2D eigenvalue weighted by atomic mass is 32.2. The van der Waals surface area contributed by atoms with Crippen molar-refractivity contribution in [1.82, 2.24) is 0 Å². The SMILES string of the molecule is c1ccc(-c2ccc(N(c3cc4c5c(c3)Sc3cc6c(cc3B5c3ccccc3S4)B3c4ccccc4N(c4ccccc4)c4cc(N(c5ccccc5)c5ccccc5)cc(c43)N6c3ccccc3-c3ccccc3)c3ccccc3-c3ccccc3)cc2)cc1. The summed E-state index contributed by atoms with van der Waals surface area (Å²) in [6.07, 6.45) is 0. The quantitative estimate of drug-likeness (QED) is 0.119. The topological polar surface area (TPSA) is 13.0 Å². The number of para-hydroxylation sites is 6. The molecule has 4 heterocycles. The fourth-order valence-corrected chi connectivity index (χ4v) is 17.2. The summed E-state index contributed by atoms with van der Waals surface area (Å²) in [5, 5.41) is 0. The summed E-state index contributed by atoms with van der Waals surface area (Å²) in [7, 11) is 0. The van der Waals surface area contributed by atoms with Crippen LogP contribution < -0.4 is 52.4 Å². The highest BCUT2D eigenvalue weighted by Gasteiger charge is 2.47. The van der Waals surface area contributed by atoms with E-state index >= 15 is 0 Å². The summed E-state index contributed by atoms with van der Waals surface area (Å²) in [6, 6.07) is 126. The minimum Gasteiger partial charge on any atom is -0.311 e. The van der Waals surface area contributed by atoms with E-state index in [2.05, 4.69) is 359 Å². The first kappa shape index (κ1) is 54.1. The lowest BCUT2D eigenvalue weighted by Gasteiger charge is -2.46. The second-order valence-corrected chi connectivity index (χ2v) is 26.1. The van der Waals surface area contributed by atoms with Crippen molar-refractivity contribution < 1.29 is 0 Å². The molecule has 14 aromatic carbocycles. The average Bonchev–Trinajstić information content (AvgIpc) is 0.693. The Hall–Kier alpha value is -10.9. The van der Waals surface area contributed by atoms with E-state index in [1.807, 2.05) is 23.5 Å². The number of fused-ring (bicyclic) bond motifs is 8. The molecule has 0 bridgehead atoms. The van der Waals surface area contributed by atoms with Gasteiger partial charge < -0.3 is 19.6 Å². The van der Waals surface area contributed by atoms with Gasteiger partial charge in [-0.2, -0.15) is 0 Å². The maximum absolute atomic E-state index is 2.64. The number of hydrogen-bond donors (Lipinski definition) is 0. The van der Waals surface area contributed by atoms with E-state index in [-0.39, 0.29) is 13.4 Å². The third-order valence-electron chi connectivity index (χ3n) is 18.7. The molecule has 4 aliphatic heterocycles. The Balaban J connectivity index is 0.899. The van der Waals surface area contributed by atoms with E-state index < -0.39 is 0 Å². The lowest BCUT2D eigenvalue weighted by Crippen LogP contribution is -2.64. The lowest BCUT2D eigenvalue weighted by atomic mass is 9.31. The minimum atomic E-state index is -0.125.